The summed E-state index contributed by atoms with van der Waals surface area (Å²) >= 11 is 0. The standard InChI is InChI=1S/C9H10N4O/c14-13-7-2-1-5-10-8(7)9(12-13)11-6-3-4-6/h1-2,5-6,14H,3-4H2,(H,11,12). The second kappa shape index (κ2) is 2.60. The minimum Gasteiger partial charge on any atom is -0.411 e. The lowest BCUT2D eigenvalue weighted by atomic mass is 10.4. The summed E-state index contributed by atoms with van der Waals surface area (Å²) in [5.74, 6) is 0.672. The highest BCUT2D eigenvalue weighted by Gasteiger charge is 2.23. The fourth-order valence-electron chi connectivity index (χ4n) is 1.45. The van der Waals surface area contributed by atoms with Gasteiger partial charge in [0, 0.05) is 12.2 Å². The lowest BCUT2D eigenvalue weighted by molar-refractivity contribution is 0.162. The van der Waals surface area contributed by atoms with Gasteiger partial charge in [-0.2, -0.15) is 0 Å². The molecule has 72 valence electrons. The van der Waals surface area contributed by atoms with E-state index in [1.807, 2.05) is 0 Å². The molecule has 1 saturated carbocycles. The molecule has 0 saturated heterocycles. The Bertz CT molecular complexity index is 475. The average molecular weight is 190 g/mol. The predicted octanol–water partition coefficient (Wildman–Crippen LogP) is 1.24. The van der Waals surface area contributed by atoms with Crippen molar-refractivity contribution in [1.29, 1.82) is 0 Å². The highest BCUT2D eigenvalue weighted by atomic mass is 16.5. The molecule has 0 bridgehead atoms. The van der Waals surface area contributed by atoms with E-state index < -0.39 is 0 Å². The number of nitrogens with zero attached hydrogens (tertiary/aromatic N) is 3. The smallest absolute Gasteiger partial charge is 0.178 e. The van der Waals surface area contributed by atoms with E-state index in [0.717, 1.165) is 10.4 Å². The molecule has 5 nitrogen and oxygen atoms in total. The lowest BCUT2D eigenvalue weighted by Gasteiger charge is -1.97. The van der Waals surface area contributed by atoms with E-state index in [1.165, 1.54) is 12.8 Å². The Morgan fingerprint density at radius 2 is 2.36 bits per heavy atom. The molecule has 1 fully saturated rings. The van der Waals surface area contributed by atoms with Crippen LogP contribution in [0.1, 0.15) is 12.8 Å². The zero-order valence-electron chi connectivity index (χ0n) is 7.51. The van der Waals surface area contributed by atoms with Crippen molar-refractivity contribution in [3.05, 3.63) is 18.3 Å². The van der Waals surface area contributed by atoms with Gasteiger partial charge in [-0.25, -0.2) is 0 Å². The number of fused-ring (bicyclic) bond motifs is 1. The lowest BCUT2D eigenvalue weighted by Crippen LogP contribution is -2.02. The molecule has 0 spiro atoms. The van der Waals surface area contributed by atoms with Crippen LogP contribution in [0.5, 0.6) is 0 Å². The predicted molar refractivity (Wildman–Crippen MR) is 51.4 cm³/mol. The first-order chi connectivity index (χ1) is 6.84. The Labute approximate surface area is 80.3 Å². The van der Waals surface area contributed by atoms with Crippen molar-refractivity contribution >= 4 is 16.9 Å². The third-order valence-corrected chi connectivity index (χ3v) is 2.34. The van der Waals surface area contributed by atoms with Crippen molar-refractivity contribution in [1.82, 2.24) is 14.9 Å². The molecule has 1 aliphatic carbocycles. The first-order valence-corrected chi connectivity index (χ1v) is 4.64. The number of hydrogen-bond donors (Lipinski definition) is 2. The first-order valence-electron chi connectivity index (χ1n) is 4.64. The fourth-order valence-corrected chi connectivity index (χ4v) is 1.45. The van der Waals surface area contributed by atoms with Crippen molar-refractivity contribution in [2.24, 2.45) is 0 Å². The van der Waals surface area contributed by atoms with E-state index in [1.54, 1.807) is 18.3 Å². The molecule has 0 aliphatic heterocycles. The third kappa shape index (κ3) is 1.09. The van der Waals surface area contributed by atoms with Crippen LogP contribution in [0.3, 0.4) is 0 Å². The van der Waals surface area contributed by atoms with Gasteiger partial charge in [0.1, 0.15) is 11.0 Å². The summed E-state index contributed by atoms with van der Waals surface area (Å²) in [5, 5.41) is 16.6. The summed E-state index contributed by atoms with van der Waals surface area (Å²) in [7, 11) is 0. The Kier molecular flexibility index (Phi) is 1.41. The van der Waals surface area contributed by atoms with Gasteiger partial charge in [0.05, 0.1) is 0 Å². The molecule has 3 rings (SSSR count). The summed E-state index contributed by atoms with van der Waals surface area (Å²) < 4.78 is 0. The zero-order valence-corrected chi connectivity index (χ0v) is 7.51. The van der Waals surface area contributed by atoms with Gasteiger partial charge in [-0.3, -0.25) is 4.98 Å². The Morgan fingerprint density at radius 3 is 3.14 bits per heavy atom. The van der Waals surface area contributed by atoms with E-state index in [4.69, 9.17) is 0 Å². The number of anilines is 1. The van der Waals surface area contributed by atoms with Gasteiger partial charge in [-0.1, -0.05) is 4.85 Å². The summed E-state index contributed by atoms with van der Waals surface area (Å²) in [6.45, 7) is 0. The quantitative estimate of drug-likeness (QED) is 0.699. The minimum absolute atomic E-state index is 0.509. The molecule has 0 radical (unpaired) electrons. The van der Waals surface area contributed by atoms with Gasteiger partial charge in [0.15, 0.2) is 5.82 Å². The highest BCUT2D eigenvalue weighted by Crippen LogP contribution is 2.27. The summed E-state index contributed by atoms with van der Waals surface area (Å²) in [5.41, 5.74) is 1.36. The minimum atomic E-state index is 0.509. The van der Waals surface area contributed by atoms with Crippen molar-refractivity contribution in [3.8, 4) is 0 Å². The van der Waals surface area contributed by atoms with Crippen LogP contribution in [0, 0.1) is 0 Å². The van der Waals surface area contributed by atoms with Gasteiger partial charge in [0.2, 0.25) is 0 Å². The van der Waals surface area contributed by atoms with Crippen LogP contribution in [0.2, 0.25) is 0 Å². The van der Waals surface area contributed by atoms with Crippen LogP contribution in [0.15, 0.2) is 18.3 Å². The molecule has 0 amide bonds. The zero-order chi connectivity index (χ0) is 9.54. The summed E-state index contributed by atoms with van der Waals surface area (Å²) in [4.78, 5) is 5.05. The molecule has 0 aromatic carbocycles. The number of aromatic nitrogens is 3. The molecule has 0 atom stereocenters. The van der Waals surface area contributed by atoms with Crippen molar-refractivity contribution in [2.75, 3.05) is 5.32 Å². The van der Waals surface area contributed by atoms with Crippen molar-refractivity contribution < 1.29 is 5.21 Å². The number of rotatable bonds is 2. The monoisotopic (exact) mass is 190 g/mol. The van der Waals surface area contributed by atoms with Gasteiger partial charge < -0.3 is 10.5 Å². The normalized spacial score (nSPS) is 16.0. The molecular formula is C9H10N4O. The third-order valence-electron chi connectivity index (χ3n) is 2.34. The second-order valence-corrected chi connectivity index (χ2v) is 3.53. The van der Waals surface area contributed by atoms with E-state index in [2.05, 4.69) is 15.4 Å². The maximum Gasteiger partial charge on any atom is 0.178 e. The van der Waals surface area contributed by atoms with Crippen molar-refractivity contribution in [2.45, 2.75) is 18.9 Å². The van der Waals surface area contributed by atoms with Gasteiger partial charge in [0.25, 0.3) is 0 Å². The van der Waals surface area contributed by atoms with Crippen LogP contribution in [-0.4, -0.2) is 26.2 Å². The van der Waals surface area contributed by atoms with Crippen LogP contribution in [-0.2, 0) is 0 Å². The average Bonchev–Trinajstić information content (AvgIpc) is 2.95. The van der Waals surface area contributed by atoms with E-state index in [0.29, 0.717) is 17.4 Å². The van der Waals surface area contributed by atoms with Crippen LogP contribution in [0.4, 0.5) is 5.82 Å². The topological polar surface area (TPSA) is 63.0 Å². The molecule has 0 unspecified atom stereocenters. The number of nitrogens with one attached hydrogen (secondary N) is 1. The molecule has 14 heavy (non-hydrogen) atoms. The molecule has 2 N–H and O–H groups in total. The van der Waals surface area contributed by atoms with Gasteiger partial charge in [-0.05, 0) is 25.0 Å². The molecule has 1 aliphatic rings. The van der Waals surface area contributed by atoms with Crippen molar-refractivity contribution in [3.63, 3.8) is 0 Å². The van der Waals surface area contributed by atoms with Crippen LogP contribution in [0.25, 0.3) is 11.0 Å². The van der Waals surface area contributed by atoms with Gasteiger partial charge in [-0.15, -0.1) is 5.10 Å². The first kappa shape index (κ1) is 7.61. The molecule has 2 heterocycles. The maximum atomic E-state index is 9.45. The van der Waals surface area contributed by atoms with E-state index in [9.17, 15) is 5.21 Å². The van der Waals surface area contributed by atoms with Gasteiger partial charge >= 0.3 is 0 Å². The highest BCUT2D eigenvalue weighted by molar-refractivity contribution is 5.85. The maximum absolute atomic E-state index is 9.45. The van der Waals surface area contributed by atoms with Crippen LogP contribution >= 0.6 is 0 Å². The Hall–Kier alpha value is -1.78. The second-order valence-electron chi connectivity index (χ2n) is 3.53. The molecule has 2 aromatic rings. The molecular weight excluding hydrogens is 180 g/mol. The number of hydrogen-bond acceptors (Lipinski definition) is 4. The number of pyridine rings is 1. The SMILES string of the molecule is On1nc(NC2CC2)c2ncccc21. The summed E-state index contributed by atoms with van der Waals surface area (Å²) in [6, 6.07) is 4.07. The summed E-state index contributed by atoms with van der Waals surface area (Å²) in [6.07, 6.45) is 4.04. The largest absolute Gasteiger partial charge is 0.411 e. The fraction of sp³-hybridized carbons (Fsp3) is 0.333. The van der Waals surface area contributed by atoms with Crippen LogP contribution < -0.4 is 5.32 Å². The molecule has 2 aromatic heterocycles. The van der Waals surface area contributed by atoms with E-state index in [-0.39, 0.29) is 0 Å². The Morgan fingerprint density at radius 1 is 1.50 bits per heavy atom. The van der Waals surface area contributed by atoms with E-state index >= 15 is 0 Å². The molecule has 5 heteroatoms. The Balaban J connectivity index is 2.12.